The van der Waals surface area contributed by atoms with E-state index in [1.54, 1.807) is 26.2 Å². The van der Waals surface area contributed by atoms with Gasteiger partial charge in [0.05, 0.1) is 7.11 Å². The van der Waals surface area contributed by atoms with Crippen LogP contribution in [0.3, 0.4) is 0 Å². The van der Waals surface area contributed by atoms with Crippen molar-refractivity contribution >= 4 is 12.9 Å². The van der Waals surface area contributed by atoms with Crippen molar-refractivity contribution in [2.45, 2.75) is 60.8 Å². The summed E-state index contributed by atoms with van der Waals surface area (Å²) in [7, 11) is 1.67. The van der Waals surface area contributed by atoms with Crippen LogP contribution >= 0.6 is 0 Å². The lowest BCUT2D eigenvalue weighted by Crippen LogP contribution is -2.13. The van der Waals surface area contributed by atoms with E-state index in [2.05, 4.69) is 13.8 Å². The molecule has 0 aromatic heterocycles. The Kier molecular flexibility index (Phi) is 12.7. The third kappa shape index (κ3) is 8.44. The van der Waals surface area contributed by atoms with Crippen LogP contribution in [0.25, 0.3) is 0 Å². The maximum atomic E-state index is 11.1. The molecule has 6 heteroatoms. The molecule has 0 radical (unpaired) electrons. The predicted molar refractivity (Wildman–Crippen MR) is 130 cm³/mol. The SMILES string of the molecule is C/C=C(/OC=O)C(=CC(COC=O)/C(C)=C/C)Oc1ccc(CCC(C)C)c(OC)c1CC. The Morgan fingerprint density at radius 1 is 1.06 bits per heavy atom. The summed E-state index contributed by atoms with van der Waals surface area (Å²) in [6.07, 6.45) is 8.07. The monoisotopic (exact) mass is 458 g/mol. The van der Waals surface area contributed by atoms with Gasteiger partial charge in [0.25, 0.3) is 12.9 Å². The number of allylic oxidation sites excluding steroid dienone is 2. The molecule has 0 saturated heterocycles. The number of carbonyl (C=O) groups excluding carboxylic acids is 2. The number of carbonyl (C=O) groups is 2. The van der Waals surface area contributed by atoms with Gasteiger partial charge < -0.3 is 18.9 Å². The van der Waals surface area contributed by atoms with Gasteiger partial charge in [-0.15, -0.1) is 0 Å². The lowest BCUT2D eigenvalue weighted by Gasteiger charge is -2.21. The lowest BCUT2D eigenvalue weighted by molar-refractivity contribution is -0.129. The molecular weight excluding hydrogens is 420 g/mol. The van der Waals surface area contributed by atoms with Gasteiger partial charge in [-0.05, 0) is 69.7 Å². The standard InChI is InChI=1S/C27H38O6/c1-8-20(6)22(16-31-17-28)15-26(24(10-3)32-18-29)33-25-14-13-21(12-11-19(4)5)27(30-7)23(25)9-2/h8,10,13-15,17-19,22H,9,11-12,16H2,1-7H3/b20-8+,24-10+,26-15?. The Hall–Kier alpha value is -3.02. The average molecular weight is 459 g/mol. The Balaban J connectivity index is 3.53. The summed E-state index contributed by atoms with van der Waals surface area (Å²) in [6.45, 7) is 13.0. The topological polar surface area (TPSA) is 71.1 Å². The van der Waals surface area contributed by atoms with Crippen molar-refractivity contribution in [2.75, 3.05) is 13.7 Å². The Morgan fingerprint density at radius 2 is 1.79 bits per heavy atom. The number of benzene rings is 1. The molecule has 0 spiro atoms. The molecule has 182 valence electrons. The summed E-state index contributed by atoms with van der Waals surface area (Å²) in [5, 5.41) is 0. The van der Waals surface area contributed by atoms with Crippen LogP contribution in [0.1, 0.15) is 59.1 Å². The first-order valence-electron chi connectivity index (χ1n) is 11.4. The quantitative estimate of drug-likeness (QED) is 0.140. The molecule has 0 bridgehead atoms. The number of hydrogen-bond acceptors (Lipinski definition) is 6. The van der Waals surface area contributed by atoms with E-state index in [-0.39, 0.29) is 18.3 Å². The lowest BCUT2D eigenvalue weighted by atomic mass is 9.98. The van der Waals surface area contributed by atoms with Crippen molar-refractivity contribution in [3.05, 3.63) is 58.6 Å². The van der Waals surface area contributed by atoms with Crippen LogP contribution in [-0.4, -0.2) is 26.7 Å². The fraction of sp³-hybridized carbons (Fsp3) is 0.481. The summed E-state index contributed by atoms with van der Waals surface area (Å²) in [5.41, 5.74) is 3.06. The van der Waals surface area contributed by atoms with E-state index in [1.165, 1.54) is 0 Å². The minimum absolute atomic E-state index is 0.142. The normalized spacial score (nSPS) is 13.5. The Bertz CT molecular complexity index is 864. The zero-order chi connectivity index (χ0) is 24.8. The number of ether oxygens (including phenoxy) is 4. The molecule has 33 heavy (non-hydrogen) atoms. The minimum atomic E-state index is -0.252. The fourth-order valence-electron chi connectivity index (χ4n) is 3.44. The van der Waals surface area contributed by atoms with Gasteiger partial charge in [-0.3, -0.25) is 9.59 Å². The molecule has 0 fully saturated rings. The highest BCUT2D eigenvalue weighted by Gasteiger charge is 2.20. The second-order valence-electron chi connectivity index (χ2n) is 8.09. The van der Waals surface area contributed by atoms with Crippen LogP contribution in [0, 0.1) is 11.8 Å². The first-order chi connectivity index (χ1) is 15.9. The molecule has 0 aliphatic heterocycles. The van der Waals surface area contributed by atoms with Crippen molar-refractivity contribution in [3.8, 4) is 11.5 Å². The molecule has 0 amide bonds. The van der Waals surface area contributed by atoms with E-state index in [9.17, 15) is 9.59 Å². The van der Waals surface area contributed by atoms with Crippen molar-refractivity contribution < 1.29 is 28.5 Å². The number of rotatable bonds is 15. The molecule has 0 aliphatic rings. The number of methoxy groups -OCH3 is 1. The van der Waals surface area contributed by atoms with Gasteiger partial charge in [0, 0.05) is 11.5 Å². The molecule has 1 aromatic rings. The van der Waals surface area contributed by atoms with Crippen LogP contribution in [0.5, 0.6) is 11.5 Å². The van der Waals surface area contributed by atoms with Crippen LogP contribution in [-0.2, 0) is 31.9 Å². The van der Waals surface area contributed by atoms with Gasteiger partial charge in [0.1, 0.15) is 18.1 Å². The van der Waals surface area contributed by atoms with Gasteiger partial charge in [-0.2, -0.15) is 0 Å². The molecule has 1 rings (SSSR count). The second-order valence-corrected chi connectivity index (χ2v) is 8.09. The molecule has 0 aliphatic carbocycles. The number of aryl methyl sites for hydroxylation is 1. The van der Waals surface area contributed by atoms with Gasteiger partial charge in [0.2, 0.25) is 0 Å². The highest BCUT2D eigenvalue weighted by atomic mass is 16.6. The maximum absolute atomic E-state index is 11.1. The van der Waals surface area contributed by atoms with E-state index < -0.39 is 0 Å². The van der Waals surface area contributed by atoms with Crippen LogP contribution in [0.15, 0.2) is 47.5 Å². The van der Waals surface area contributed by atoms with Crippen molar-refractivity contribution in [1.29, 1.82) is 0 Å². The van der Waals surface area contributed by atoms with E-state index >= 15 is 0 Å². The fourth-order valence-corrected chi connectivity index (χ4v) is 3.44. The summed E-state index contributed by atoms with van der Waals surface area (Å²) in [5.74, 6) is 2.41. The summed E-state index contributed by atoms with van der Waals surface area (Å²) in [4.78, 5) is 21.9. The van der Waals surface area contributed by atoms with E-state index in [0.717, 1.165) is 35.3 Å². The molecular formula is C27H38O6. The van der Waals surface area contributed by atoms with Crippen molar-refractivity contribution in [3.63, 3.8) is 0 Å². The van der Waals surface area contributed by atoms with Gasteiger partial charge in [-0.1, -0.05) is 38.5 Å². The van der Waals surface area contributed by atoms with Crippen LogP contribution in [0.4, 0.5) is 0 Å². The zero-order valence-electron chi connectivity index (χ0n) is 21.0. The average Bonchev–Trinajstić information content (AvgIpc) is 2.82. The third-order valence-corrected chi connectivity index (χ3v) is 5.48. The van der Waals surface area contributed by atoms with Gasteiger partial charge >= 0.3 is 0 Å². The summed E-state index contributed by atoms with van der Waals surface area (Å²) < 4.78 is 22.3. The number of hydrogen-bond donors (Lipinski definition) is 0. The van der Waals surface area contributed by atoms with E-state index in [1.807, 2.05) is 39.0 Å². The van der Waals surface area contributed by atoms with E-state index in [0.29, 0.717) is 36.8 Å². The first-order valence-corrected chi connectivity index (χ1v) is 11.4. The molecule has 0 N–H and O–H groups in total. The van der Waals surface area contributed by atoms with Crippen molar-refractivity contribution in [2.24, 2.45) is 11.8 Å². The molecule has 1 aromatic carbocycles. The first kappa shape index (κ1) is 28.0. The van der Waals surface area contributed by atoms with Gasteiger partial charge in [0.15, 0.2) is 11.5 Å². The third-order valence-electron chi connectivity index (χ3n) is 5.48. The van der Waals surface area contributed by atoms with Gasteiger partial charge in [-0.25, -0.2) is 0 Å². The smallest absolute Gasteiger partial charge is 0.298 e. The zero-order valence-corrected chi connectivity index (χ0v) is 21.0. The largest absolute Gasteiger partial charge is 0.496 e. The molecule has 1 unspecified atom stereocenters. The van der Waals surface area contributed by atoms with E-state index in [4.69, 9.17) is 18.9 Å². The second kappa shape index (κ2) is 14.9. The summed E-state index contributed by atoms with van der Waals surface area (Å²) in [6, 6.07) is 3.95. The van der Waals surface area contributed by atoms with Crippen LogP contribution < -0.4 is 9.47 Å². The highest BCUT2D eigenvalue weighted by Crippen LogP contribution is 2.36. The maximum Gasteiger partial charge on any atom is 0.298 e. The minimum Gasteiger partial charge on any atom is -0.496 e. The molecule has 0 saturated carbocycles. The van der Waals surface area contributed by atoms with Crippen LogP contribution in [0.2, 0.25) is 0 Å². The highest BCUT2D eigenvalue weighted by molar-refractivity contribution is 5.52. The molecule has 6 nitrogen and oxygen atoms in total. The predicted octanol–water partition coefficient (Wildman–Crippen LogP) is 5.94. The Labute approximate surface area is 198 Å². The molecule has 1 atom stereocenters. The van der Waals surface area contributed by atoms with Crippen molar-refractivity contribution in [1.82, 2.24) is 0 Å². The summed E-state index contributed by atoms with van der Waals surface area (Å²) >= 11 is 0. The molecule has 0 heterocycles. The Morgan fingerprint density at radius 3 is 2.30 bits per heavy atom.